The molecule has 23 heavy (non-hydrogen) atoms. The minimum Gasteiger partial charge on any atom is -0.478 e. The summed E-state index contributed by atoms with van der Waals surface area (Å²) in [4.78, 5) is 22.3. The number of aromatic nitrogens is 1. The molecule has 0 fully saturated rings. The van der Waals surface area contributed by atoms with E-state index in [1.54, 1.807) is 6.92 Å². The molecule has 1 amide bonds. The van der Waals surface area contributed by atoms with Crippen LogP contribution >= 0.6 is 0 Å². The molecule has 1 aromatic carbocycles. The lowest BCUT2D eigenvalue weighted by Crippen LogP contribution is -2.33. The predicted octanol–water partition coefficient (Wildman–Crippen LogP) is 0.598. The van der Waals surface area contributed by atoms with Gasteiger partial charge in [0.25, 0.3) is 0 Å². The summed E-state index contributed by atoms with van der Waals surface area (Å²) in [6, 6.07) is 6.27. The number of nitrogens with zero attached hydrogens (tertiary/aromatic N) is 1. The third-order valence-electron chi connectivity index (χ3n) is 2.71. The zero-order valence-electron chi connectivity index (χ0n) is 11.9. The Labute approximate surface area is 131 Å². The average molecular weight is 339 g/mol. The number of aromatic carboxylic acids is 1. The number of aryl methyl sites for hydroxylation is 1. The highest BCUT2D eigenvalue weighted by molar-refractivity contribution is 7.89. The molecule has 0 aliphatic carbocycles. The zero-order valence-corrected chi connectivity index (χ0v) is 12.8. The number of amides is 1. The van der Waals surface area contributed by atoms with E-state index in [9.17, 15) is 18.0 Å². The largest absolute Gasteiger partial charge is 0.478 e. The van der Waals surface area contributed by atoms with Crippen molar-refractivity contribution in [3.8, 4) is 0 Å². The fourth-order valence-electron chi connectivity index (χ4n) is 1.65. The number of nitrogens with one attached hydrogen (secondary N) is 2. The number of anilines is 1. The number of carboxylic acids is 1. The van der Waals surface area contributed by atoms with Crippen LogP contribution in [0.5, 0.6) is 0 Å². The number of sulfonamides is 1. The van der Waals surface area contributed by atoms with E-state index in [-0.39, 0.29) is 16.3 Å². The minimum absolute atomic E-state index is 0.166. The first-order chi connectivity index (χ1) is 10.8. The van der Waals surface area contributed by atoms with Crippen LogP contribution < -0.4 is 10.0 Å². The molecule has 122 valence electrons. The van der Waals surface area contributed by atoms with Gasteiger partial charge in [-0.15, -0.1) is 0 Å². The number of hydrogen-bond donors (Lipinski definition) is 3. The molecule has 0 unspecified atom stereocenters. The fourth-order valence-corrected chi connectivity index (χ4v) is 2.68. The lowest BCUT2D eigenvalue weighted by Gasteiger charge is -2.07. The second-order valence-corrected chi connectivity index (χ2v) is 6.30. The molecule has 2 rings (SSSR count). The van der Waals surface area contributed by atoms with Crippen LogP contribution in [0.1, 0.15) is 16.1 Å². The first kappa shape index (κ1) is 16.6. The molecule has 10 heteroatoms. The Balaban J connectivity index is 2.02. The van der Waals surface area contributed by atoms with Crippen LogP contribution in [0.2, 0.25) is 0 Å². The maximum absolute atomic E-state index is 12.0. The standard InChI is InChI=1S/C13H13N3O6S/c1-8-5-11(16-22-8)15-12(17)7-14-23(20,21)10-4-2-3-9(6-10)13(18)19/h2-6,14H,7H2,1H3,(H,18,19)(H,15,16,17). The molecule has 0 saturated carbocycles. The summed E-state index contributed by atoms with van der Waals surface area (Å²) >= 11 is 0. The lowest BCUT2D eigenvalue weighted by atomic mass is 10.2. The van der Waals surface area contributed by atoms with Gasteiger partial charge in [0.2, 0.25) is 15.9 Å². The Hall–Kier alpha value is -2.72. The van der Waals surface area contributed by atoms with E-state index in [4.69, 9.17) is 9.63 Å². The molecule has 0 aliphatic heterocycles. The number of carbonyl (C=O) groups excluding carboxylic acids is 1. The lowest BCUT2D eigenvalue weighted by molar-refractivity contribution is -0.115. The van der Waals surface area contributed by atoms with Crippen molar-refractivity contribution in [2.24, 2.45) is 0 Å². The second-order valence-electron chi connectivity index (χ2n) is 4.53. The van der Waals surface area contributed by atoms with Gasteiger partial charge in [0, 0.05) is 6.07 Å². The highest BCUT2D eigenvalue weighted by atomic mass is 32.2. The van der Waals surface area contributed by atoms with E-state index in [1.807, 2.05) is 0 Å². The van der Waals surface area contributed by atoms with Crippen LogP contribution in [0.4, 0.5) is 5.82 Å². The molecule has 0 radical (unpaired) electrons. The molecular formula is C13H13N3O6S. The zero-order chi connectivity index (χ0) is 17.0. The summed E-state index contributed by atoms with van der Waals surface area (Å²) in [6.07, 6.45) is 0. The van der Waals surface area contributed by atoms with Gasteiger partial charge in [0.15, 0.2) is 5.82 Å². The van der Waals surface area contributed by atoms with E-state index < -0.39 is 28.4 Å². The van der Waals surface area contributed by atoms with Crippen molar-refractivity contribution in [2.75, 3.05) is 11.9 Å². The van der Waals surface area contributed by atoms with Gasteiger partial charge in [-0.1, -0.05) is 11.2 Å². The van der Waals surface area contributed by atoms with Crippen LogP contribution in [-0.4, -0.2) is 37.1 Å². The van der Waals surface area contributed by atoms with Gasteiger partial charge < -0.3 is 14.9 Å². The maximum Gasteiger partial charge on any atom is 0.335 e. The van der Waals surface area contributed by atoms with Crippen LogP contribution in [-0.2, 0) is 14.8 Å². The van der Waals surface area contributed by atoms with Gasteiger partial charge in [-0.2, -0.15) is 0 Å². The molecule has 0 spiro atoms. The van der Waals surface area contributed by atoms with Crippen LogP contribution in [0.15, 0.2) is 39.8 Å². The van der Waals surface area contributed by atoms with Crippen molar-refractivity contribution in [1.82, 2.24) is 9.88 Å². The van der Waals surface area contributed by atoms with Gasteiger partial charge in [-0.05, 0) is 25.1 Å². The van der Waals surface area contributed by atoms with Crippen molar-refractivity contribution in [2.45, 2.75) is 11.8 Å². The number of rotatable bonds is 6. The molecule has 3 N–H and O–H groups in total. The van der Waals surface area contributed by atoms with Crippen molar-refractivity contribution in [1.29, 1.82) is 0 Å². The van der Waals surface area contributed by atoms with Crippen molar-refractivity contribution < 1.29 is 27.6 Å². The van der Waals surface area contributed by atoms with Crippen molar-refractivity contribution in [3.05, 3.63) is 41.7 Å². The van der Waals surface area contributed by atoms with E-state index in [2.05, 4.69) is 15.2 Å². The van der Waals surface area contributed by atoms with Gasteiger partial charge in [0.1, 0.15) is 5.76 Å². The molecule has 0 saturated heterocycles. The van der Waals surface area contributed by atoms with Crippen LogP contribution in [0.3, 0.4) is 0 Å². The first-order valence-electron chi connectivity index (χ1n) is 6.34. The summed E-state index contributed by atoms with van der Waals surface area (Å²) < 4.78 is 30.9. The predicted molar refractivity (Wildman–Crippen MR) is 78.5 cm³/mol. The van der Waals surface area contributed by atoms with Crippen molar-refractivity contribution in [3.63, 3.8) is 0 Å². The molecule has 9 nitrogen and oxygen atoms in total. The smallest absolute Gasteiger partial charge is 0.335 e. The topological polar surface area (TPSA) is 139 Å². The van der Waals surface area contributed by atoms with Gasteiger partial charge in [-0.25, -0.2) is 17.9 Å². The fraction of sp³-hybridized carbons (Fsp3) is 0.154. The summed E-state index contributed by atoms with van der Waals surface area (Å²) in [5.41, 5.74) is -0.171. The molecule has 0 atom stereocenters. The first-order valence-corrected chi connectivity index (χ1v) is 7.82. The highest BCUT2D eigenvalue weighted by Crippen LogP contribution is 2.11. The number of hydrogen-bond acceptors (Lipinski definition) is 6. The minimum atomic E-state index is -4.02. The Bertz CT molecular complexity index is 843. The molecular weight excluding hydrogens is 326 g/mol. The number of benzene rings is 1. The summed E-state index contributed by atoms with van der Waals surface area (Å²) in [5, 5.41) is 14.8. The molecule has 0 bridgehead atoms. The normalized spacial score (nSPS) is 11.2. The number of carbonyl (C=O) groups is 2. The van der Waals surface area contributed by atoms with Crippen LogP contribution in [0, 0.1) is 6.92 Å². The van der Waals surface area contributed by atoms with Gasteiger partial charge in [0.05, 0.1) is 17.0 Å². The van der Waals surface area contributed by atoms with Crippen LogP contribution in [0.25, 0.3) is 0 Å². The van der Waals surface area contributed by atoms with E-state index in [0.717, 1.165) is 6.07 Å². The highest BCUT2D eigenvalue weighted by Gasteiger charge is 2.17. The average Bonchev–Trinajstić information content (AvgIpc) is 2.90. The monoisotopic (exact) mass is 339 g/mol. The Morgan fingerprint density at radius 3 is 2.65 bits per heavy atom. The summed E-state index contributed by atoms with van der Waals surface area (Å²) in [6.45, 7) is 1.10. The SMILES string of the molecule is Cc1cc(NC(=O)CNS(=O)(=O)c2cccc(C(=O)O)c2)no1. The Morgan fingerprint density at radius 2 is 2.04 bits per heavy atom. The van der Waals surface area contributed by atoms with Crippen molar-refractivity contribution >= 4 is 27.7 Å². The third-order valence-corrected chi connectivity index (χ3v) is 4.11. The third kappa shape index (κ3) is 4.37. The quantitative estimate of drug-likeness (QED) is 0.700. The number of carboxylic acid groups (broad SMARTS) is 1. The Morgan fingerprint density at radius 1 is 1.30 bits per heavy atom. The second kappa shape index (κ2) is 6.58. The van der Waals surface area contributed by atoms with E-state index >= 15 is 0 Å². The molecule has 1 heterocycles. The van der Waals surface area contributed by atoms with Gasteiger partial charge in [-0.3, -0.25) is 4.79 Å². The van der Waals surface area contributed by atoms with Gasteiger partial charge >= 0.3 is 5.97 Å². The van der Waals surface area contributed by atoms with E-state index in [0.29, 0.717) is 5.76 Å². The summed E-state index contributed by atoms with van der Waals surface area (Å²) in [7, 11) is -4.02. The Kier molecular flexibility index (Phi) is 4.77. The maximum atomic E-state index is 12.0. The molecule has 1 aromatic heterocycles. The molecule has 0 aliphatic rings. The van der Waals surface area contributed by atoms with E-state index in [1.165, 1.54) is 24.3 Å². The summed E-state index contributed by atoms with van der Waals surface area (Å²) in [5.74, 6) is -1.23. The molecule has 2 aromatic rings.